The van der Waals surface area contributed by atoms with Crippen LogP contribution in [0.3, 0.4) is 0 Å². The SMILES string of the molecule is CCOc1ccc(S(=O)(=O)Nc2cc(C(=O)OC)ccc2Cl)cc1. The lowest BCUT2D eigenvalue weighted by Crippen LogP contribution is -2.14. The van der Waals surface area contributed by atoms with Crippen LogP contribution in [0.2, 0.25) is 5.02 Å². The molecule has 0 aliphatic carbocycles. The zero-order valence-electron chi connectivity index (χ0n) is 13.1. The maximum atomic E-state index is 12.4. The largest absolute Gasteiger partial charge is 0.494 e. The normalized spacial score (nSPS) is 11.0. The van der Waals surface area contributed by atoms with Crippen LogP contribution in [0.15, 0.2) is 47.4 Å². The van der Waals surface area contributed by atoms with Crippen LogP contribution in [0.4, 0.5) is 5.69 Å². The molecule has 0 unspecified atom stereocenters. The molecule has 2 aromatic carbocycles. The van der Waals surface area contributed by atoms with E-state index in [0.29, 0.717) is 12.4 Å². The number of halogens is 1. The van der Waals surface area contributed by atoms with Gasteiger partial charge >= 0.3 is 5.97 Å². The summed E-state index contributed by atoms with van der Waals surface area (Å²) in [7, 11) is -2.62. The highest BCUT2D eigenvalue weighted by atomic mass is 35.5. The molecule has 0 aliphatic rings. The van der Waals surface area contributed by atoms with Crippen LogP contribution < -0.4 is 9.46 Å². The summed E-state index contributed by atoms with van der Waals surface area (Å²) in [6, 6.07) is 10.2. The molecule has 8 heteroatoms. The van der Waals surface area contributed by atoms with Crippen molar-refractivity contribution in [2.75, 3.05) is 18.4 Å². The third kappa shape index (κ3) is 4.18. The molecule has 2 aromatic rings. The Morgan fingerprint density at radius 2 is 1.83 bits per heavy atom. The van der Waals surface area contributed by atoms with E-state index in [1.165, 1.54) is 37.4 Å². The van der Waals surface area contributed by atoms with E-state index in [9.17, 15) is 13.2 Å². The van der Waals surface area contributed by atoms with Gasteiger partial charge in [0.25, 0.3) is 10.0 Å². The number of nitrogens with one attached hydrogen (secondary N) is 1. The molecule has 0 saturated carbocycles. The zero-order valence-corrected chi connectivity index (χ0v) is 14.6. The van der Waals surface area contributed by atoms with E-state index in [0.717, 1.165) is 0 Å². The van der Waals surface area contributed by atoms with Gasteiger partial charge in [-0.25, -0.2) is 13.2 Å². The number of ether oxygens (including phenoxy) is 2. The van der Waals surface area contributed by atoms with Gasteiger partial charge in [-0.15, -0.1) is 0 Å². The molecule has 0 fully saturated rings. The van der Waals surface area contributed by atoms with Crippen LogP contribution in [-0.2, 0) is 14.8 Å². The summed E-state index contributed by atoms with van der Waals surface area (Å²) < 4.78 is 37.1. The number of benzene rings is 2. The molecule has 0 saturated heterocycles. The Hall–Kier alpha value is -2.25. The lowest BCUT2D eigenvalue weighted by atomic mass is 10.2. The molecular weight excluding hydrogens is 354 g/mol. The van der Waals surface area contributed by atoms with Gasteiger partial charge in [0.05, 0.1) is 34.9 Å². The van der Waals surface area contributed by atoms with E-state index in [4.69, 9.17) is 16.3 Å². The quantitative estimate of drug-likeness (QED) is 0.790. The smallest absolute Gasteiger partial charge is 0.337 e. The van der Waals surface area contributed by atoms with Crippen LogP contribution >= 0.6 is 11.6 Å². The molecule has 24 heavy (non-hydrogen) atoms. The molecule has 0 heterocycles. The van der Waals surface area contributed by atoms with Gasteiger partial charge in [-0.1, -0.05) is 11.6 Å². The third-order valence-electron chi connectivity index (χ3n) is 3.08. The molecule has 0 aliphatic heterocycles. The maximum Gasteiger partial charge on any atom is 0.337 e. The number of hydrogen-bond donors (Lipinski definition) is 1. The van der Waals surface area contributed by atoms with Crippen LogP contribution in [0.25, 0.3) is 0 Å². The average Bonchev–Trinajstić information content (AvgIpc) is 2.57. The summed E-state index contributed by atoms with van der Waals surface area (Å²) >= 11 is 6.01. The maximum absolute atomic E-state index is 12.4. The monoisotopic (exact) mass is 369 g/mol. The van der Waals surface area contributed by atoms with Crippen LogP contribution in [-0.4, -0.2) is 28.1 Å². The minimum absolute atomic E-state index is 0.0468. The lowest BCUT2D eigenvalue weighted by molar-refractivity contribution is 0.0601. The van der Waals surface area contributed by atoms with E-state index in [1.807, 2.05) is 6.92 Å². The molecule has 0 atom stereocenters. The van der Waals surface area contributed by atoms with Crippen LogP contribution in [0.1, 0.15) is 17.3 Å². The van der Waals surface area contributed by atoms with E-state index < -0.39 is 16.0 Å². The van der Waals surface area contributed by atoms with Gasteiger partial charge in [-0.2, -0.15) is 0 Å². The Bertz CT molecular complexity index is 834. The predicted molar refractivity (Wildman–Crippen MR) is 91.2 cm³/mol. The number of anilines is 1. The van der Waals surface area contributed by atoms with Gasteiger partial charge in [0, 0.05) is 0 Å². The number of esters is 1. The molecule has 0 spiro atoms. The Kier molecular flexibility index (Phi) is 5.69. The summed E-state index contributed by atoms with van der Waals surface area (Å²) in [6.07, 6.45) is 0. The van der Waals surface area contributed by atoms with Gasteiger partial charge < -0.3 is 9.47 Å². The summed E-state index contributed by atoms with van der Waals surface area (Å²) in [5.41, 5.74) is 0.278. The molecule has 0 radical (unpaired) electrons. The van der Waals surface area contributed by atoms with Crippen molar-refractivity contribution in [1.82, 2.24) is 0 Å². The van der Waals surface area contributed by atoms with Crippen LogP contribution in [0, 0.1) is 0 Å². The van der Waals surface area contributed by atoms with Crippen LogP contribution in [0.5, 0.6) is 5.75 Å². The van der Waals surface area contributed by atoms with Crippen molar-refractivity contribution < 1.29 is 22.7 Å². The fourth-order valence-electron chi connectivity index (χ4n) is 1.93. The highest BCUT2D eigenvalue weighted by Gasteiger charge is 2.17. The highest BCUT2D eigenvalue weighted by molar-refractivity contribution is 7.92. The molecule has 2 rings (SSSR count). The van der Waals surface area contributed by atoms with E-state index in [2.05, 4.69) is 9.46 Å². The molecule has 0 aromatic heterocycles. The van der Waals surface area contributed by atoms with Crippen molar-refractivity contribution in [2.24, 2.45) is 0 Å². The summed E-state index contributed by atoms with van der Waals surface area (Å²) in [6.45, 7) is 2.32. The molecule has 0 amide bonds. The van der Waals surface area contributed by atoms with Gasteiger partial charge in [0.1, 0.15) is 5.75 Å². The summed E-state index contributed by atoms with van der Waals surface area (Å²) in [4.78, 5) is 11.6. The lowest BCUT2D eigenvalue weighted by Gasteiger charge is -2.11. The van der Waals surface area contributed by atoms with Crippen molar-refractivity contribution in [3.63, 3.8) is 0 Å². The number of hydrogen-bond acceptors (Lipinski definition) is 5. The first-order valence-electron chi connectivity index (χ1n) is 7.01. The highest BCUT2D eigenvalue weighted by Crippen LogP contribution is 2.26. The van der Waals surface area contributed by atoms with Crippen molar-refractivity contribution >= 4 is 33.3 Å². The minimum Gasteiger partial charge on any atom is -0.494 e. The number of carbonyl (C=O) groups is 1. The summed E-state index contributed by atoms with van der Waals surface area (Å²) in [5, 5.41) is 0.164. The molecule has 6 nitrogen and oxygen atoms in total. The van der Waals surface area contributed by atoms with E-state index >= 15 is 0 Å². The Morgan fingerprint density at radius 3 is 2.42 bits per heavy atom. The minimum atomic E-state index is -3.86. The van der Waals surface area contributed by atoms with Gasteiger partial charge in [0.15, 0.2) is 0 Å². The first-order chi connectivity index (χ1) is 11.4. The Balaban J connectivity index is 2.30. The topological polar surface area (TPSA) is 81.7 Å². The fraction of sp³-hybridized carbons (Fsp3) is 0.188. The Labute approximate surface area is 145 Å². The predicted octanol–water partition coefficient (Wildman–Crippen LogP) is 3.33. The fourth-order valence-corrected chi connectivity index (χ4v) is 3.23. The number of sulfonamides is 1. The number of methoxy groups -OCH3 is 1. The standard InChI is InChI=1S/C16H16ClNO5S/c1-3-23-12-5-7-13(8-6-12)24(20,21)18-15-10-11(16(19)22-2)4-9-14(15)17/h4-10,18H,3H2,1-2H3. The number of carbonyl (C=O) groups excluding carboxylic acids is 1. The second-order valence-corrected chi connectivity index (χ2v) is 6.79. The van der Waals surface area contributed by atoms with Crippen molar-refractivity contribution in [2.45, 2.75) is 11.8 Å². The van der Waals surface area contributed by atoms with Crippen molar-refractivity contribution in [3.8, 4) is 5.75 Å². The number of rotatable bonds is 6. The van der Waals surface area contributed by atoms with Gasteiger partial charge in [-0.3, -0.25) is 4.72 Å². The third-order valence-corrected chi connectivity index (χ3v) is 4.79. The molecule has 0 bridgehead atoms. The second-order valence-electron chi connectivity index (χ2n) is 4.70. The van der Waals surface area contributed by atoms with Gasteiger partial charge in [0.2, 0.25) is 0 Å². The van der Waals surface area contributed by atoms with E-state index in [1.54, 1.807) is 12.1 Å². The van der Waals surface area contributed by atoms with Crippen molar-refractivity contribution in [3.05, 3.63) is 53.1 Å². The first-order valence-corrected chi connectivity index (χ1v) is 8.87. The van der Waals surface area contributed by atoms with Gasteiger partial charge in [-0.05, 0) is 49.4 Å². The molecule has 1 N–H and O–H groups in total. The van der Waals surface area contributed by atoms with Crippen molar-refractivity contribution in [1.29, 1.82) is 0 Å². The Morgan fingerprint density at radius 1 is 1.17 bits per heavy atom. The average molecular weight is 370 g/mol. The zero-order chi connectivity index (χ0) is 17.7. The van der Waals surface area contributed by atoms with E-state index in [-0.39, 0.29) is 21.2 Å². The summed E-state index contributed by atoms with van der Waals surface area (Å²) in [5.74, 6) is -0.0182. The second kappa shape index (κ2) is 7.55. The first kappa shape index (κ1) is 18.1. The molecular formula is C16H16ClNO5S. The molecule has 128 valence electrons.